The quantitative estimate of drug-likeness (QED) is 0.497. The molecule has 2 N–H and O–H groups in total. The van der Waals surface area contributed by atoms with Crippen LogP contribution in [0, 0.1) is 22.7 Å². The van der Waals surface area contributed by atoms with Gasteiger partial charge in [0.15, 0.2) is 0 Å². The second-order valence-electron chi connectivity index (χ2n) is 10.1. The number of aliphatic hydroxyl groups is 2. The van der Waals surface area contributed by atoms with Gasteiger partial charge in [0.05, 0.1) is 25.4 Å². The molecule has 2 fully saturated rings. The van der Waals surface area contributed by atoms with Crippen LogP contribution in [0.3, 0.4) is 0 Å². The first kappa shape index (κ1) is 23.5. The number of benzene rings is 1. The first-order chi connectivity index (χ1) is 15.7. The number of rotatable bonds is 5. The summed E-state index contributed by atoms with van der Waals surface area (Å²) >= 11 is 0. The summed E-state index contributed by atoms with van der Waals surface area (Å²) in [5.74, 6) is 1.15. The van der Waals surface area contributed by atoms with E-state index in [1.54, 1.807) is 13.2 Å². The van der Waals surface area contributed by atoms with Crippen molar-refractivity contribution in [2.75, 3.05) is 13.7 Å². The molecular formula is C28H34O5. The fraction of sp³-hybridized carbons (Fsp3) is 0.464. The standard InChI is InChI=1S/C28H34O5/c1-18-5-12-24-27(2,14-13-25(30)28(24,3)17-29)23(18)11-8-20-16-22(33-26(20)31)15-19-6-9-21(32-4)10-7-19/h6-11,15-16,23-25,29-30H,1,5,12-14,17H2,2-4H3/b11-8+,22-15-/t23-,24+,25-,27+,28+/m1/s1. The Bertz CT molecular complexity index is 1020. The van der Waals surface area contributed by atoms with E-state index in [0.717, 1.165) is 36.1 Å². The number of ether oxygens (including phenoxy) is 2. The molecule has 1 aromatic rings. The van der Waals surface area contributed by atoms with Crippen LogP contribution in [0.2, 0.25) is 0 Å². The predicted octanol–water partition coefficient (Wildman–Crippen LogP) is 4.82. The Morgan fingerprint density at radius 3 is 2.64 bits per heavy atom. The Kier molecular flexibility index (Phi) is 6.39. The van der Waals surface area contributed by atoms with Gasteiger partial charge in [0, 0.05) is 11.3 Å². The van der Waals surface area contributed by atoms with Crippen LogP contribution >= 0.6 is 0 Å². The lowest BCUT2D eigenvalue weighted by atomic mass is 9.46. The maximum Gasteiger partial charge on any atom is 0.343 e. The maximum atomic E-state index is 12.5. The van der Waals surface area contributed by atoms with Gasteiger partial charge in [-0.15, -0.1) is 0 Å². The van der Waals surface area contributed by atoms with E-state index >= 15 is 0 Å². The number of hydrogen-bond donors (Lipinski definition) is 2. The van der Waals surface area contributed by atoms with E-state index in [4.69, 9.17) is 9.47 Å². The minimum Gasteiger partial charge on any atom is -0.497 e. The van der Waals surface area contributed by atoms with E-state index in [2.05, 4.69) is 19.6 Å². The molecule has 5 heteroatoms. The Hall–Kier alpha value is -2.63. The van der Waals surface area contributed by atoms with Crippen molar-refractivity contribution in [2.45, 2.75) is 45.6 Å². The summed E-state index contributed by atoms with van der Waals surface area (Å²) in [6.45, 7) is 8.55. The zero-order chi connectivity index (χ0) is 23.8. The molecule has 0 radical (unpaired) electrons. The Morgan fingerprint density at radius 1 is 1.24 bits per heavy atom. The second kappa shape index (κ2) is 8.96. The molecule has 0 saturated heterocycles. The first-order valence-corrected chi connectivity index (χ1v) is 11.7. The van der Waals surface area contributed by atoms with Gasteiger partial charge >= 0.3 is 5.97 Å². The zero-order valence-electron chi connectivity index (χ0n) is 19.7. The summed E-state index contributed by atoms with van der Waals surface area (Å²) in [4.78, 5) is 12.5. The highest BCUT2D eigenvalue weighted by Crippen LogP contribution is 2.61. The van der Waals surface area contributed by atoms with Crippen LogP contribution in [-0.2, 0) is 9.53 Å². The normalized spacial score (nSPS) is 35.5. The van der Waals surface area contributed by atoms with Gasteiger partial charge in [0.2, 0.25) is 0 Å². The molecule has 2 saturated carbocycles. The first-order valence-electron chi connectivity index (χ1n) is 11.7. The van der Waals surface area contributed by atoms with Crippen LogP contribution in [0.4, 0.5) is 0 Å². The second-order valence-corrected chi connectivity index (χ2v) is 10.1. The number of fused-ring (bicyclic) bond motifs is 1. The highest BCUT2D eigenvalue weighted by molar-refractivity contribution is 5.96. The molecule has 2 aliphatic carbocycles. The lowest BCUT2D eigenvalue weighted by Crippen LogP contribution is -2.57. The van der Waals surface area contributed by atoms with Gasteiger partial charge in [-0.1, -0.05) is 50.3 Å². The molecule has 0 bridgehead atoms. The van der Waals surface area contributed by atoms with Crippen LogP contribution in [0.1, 0.15) is 45.1 Å². The van der Waals surface area contributed by atoms with Gasteiger partial charge in [0.1, 0.15) is 11.5 Å². The van der Waals surface area contributed by atoms with E-state index in [0.29, 0.717) is 17.8 Å². The molecule has 33 heavy (non-hydrogen) atoms. The van der Waals surface area contributed by atoms with E-state index in [-0.39, 0.29) is 29.8 Å². The number of aliphatic hydroxyl groups excluding tert-OH is 2. The highest BCUT2D eigenvalue weighted by Gasteiger charge is 2.57. The average Bonchev–Trinajstić information content (AvgIpc) is 3.15. The predicted molar refractivity (Wildman–Crippen MR) is 128 cm³/mol. The number of esters is 1. The van der Waals surface area contributed by atoms with E-state index < -0.39 is 11.5 Å². The van der Waals surface area contributed by atoms with E-state index in [1.165, 1.54) is 0 Å². The lowest BCUT2D eigenvalue weighted by molar-refractivity contribution is -0.145. The van der Waals surface area contributed by atoms with Gasteiger partial charge in [-0.3, -0.25) is 0 Å². The van der Waals surface area contributed by atoms with Crippen molar-refractivity contribution < 1.29 is 24.5 Å². The molecule has 3 aliphatic rings. The van der Waals surface area contributed by atoms with Crippen LogP contribution in [0.5, 0.6) is 5.75 Å². The summed E-state index contributed by atoms with van der Waals surface area (Å²) < 4.78 is 10.6. The zero-order valence-corrected chi connectivity index (χ0v) is 19.7. The maximum absolute atomic E-state index is 12.5. The fourth-order valence-corrected chi connectivity index (χ4v) is 6.15. The Labute approximate surface area is 196 Å². The van der Waals surface area contributed by atoms with Gasteiger partial charge in [-0.05, 0) is 66.9 Å². The molecule has 4 rings (SSSR count). The van der Waals surface area contributed by atoms with Crippen molar-refractivity contribution in [1.29, 1.82) is 0 Å². The summed E-state index contributed by atoms with van der Waals surface area (Å²) in [5, 5.41) is 20.8. The molecule has 5 nitrogen and oxygen atoms in total. The van der Waals surface area contributed by atoms with Crippen molar-refractivity contribution in [3.63, 3.8) is 0 Å². The number of carbonyl (C=O) groups is 1. The van der Waals surface area contributed by atoms with Gasteiger partial charge in [-0.2, -0.15) is 0 Å². The van der Waals surface area contributed by atoms with Crippen molar-refractivity contribution in [1.82, 2.24) is 0 Å². The largest absolute Gasteiger partial charge is 0.497 e. The summed E-state index contributed by atoms with van der Waals surface area (Å²) in [6.07, 6.45) is 10.3. The van der Waals surface area contributed by atoms with Gasteiger partial charge < -0.3 is 19.7 Å². The number of cyclic esters (lactones) is 1. The third kappa shape index (κ3) is 4.20. The van der Waals surface area contributed by atoms with Crippen molar-refractivity contribution in [2.24, 2.45) is 22.7 Å². The monoisotopic (exact) mass is 450 g/mol. The van der Waals surface area contributed by atoms with Gasteiger partial charge in [0.25, 0.3) is 0 Å². The number of carbonyl (C=O) groups excluding carboxylic acids is 1. The van der Waals surface area contributed by atoms with E-state index in [1.807, 2.05) is 43.3 Å². The smallest absolute Gasteiger partial charge is 0.343 e. The highest BCUT2D eigenvalue weighted by atomic mass is 16.5. The molecule has 0 amide bonds. The SMILES string of the molecule is C=C1CC[C@@H]2[C@](C)(CO)[C@H](O)CC[C@@]2(C)[C@@H]1/C=C/C1=CC(=C/c2ccc(OC)cc2)/OC1=O. The fourth-order valence-electron chi connectivity index (χ4n) is 6.15. The average molecular weight is 451 g/mol. The summed E-state index contributed by atoms with van der Waals surface area (Å²) in [5.41, 5.74) is 1.91. The summed E-state index contributed by atoms with van der Waals surface area (Å²) in [7, 11) is 1.62. The number of allylic oxidation sites excluding steroid dienone is 3. The molecular weight excluding hydrogens is 416 g/mol. The van der Waals surface area contributed by atoms with Crippen LogP contribution in [0.15, 0.2) is 66.0 Å². The Morgan fingerprint density at radius 2 is 1.97 bits per heavy atom. The molecule has 5 atom stereocenters. The van der Waals surface area contributed by atoms with Crippen LogP contribution < -0.4 is 4.74 Å². The minimum atomic E-state index is -0.528. The Balaban J connectivity index is 1.58. The summed E-state index contributed by atoms with van der Waals surface area (Å²) in [6, 6.07) is 7.54. The van der Waals surface area contributed by atoms with Gasteiger partial charge in [-0.25, -0.2) is 4.79 Å². The number of methoxy groups -OCH3 is 1. The van der Waals surface area contributed by atoms with Crippen molar-refractivity contribution >= 4 is 12.0 Å². The molecule has 0 unspecified atom stereocenters. The van der Waals surface area contributed by atoms with E-state index in [9.17, 15) is 15.0 Å². The topological polar surface area (TPSA) is 76.0 Å². The lowest BCUT2D eigenvalue weighted by Gasteiger charge is -2.59. The van der Waals surface area contributed by atoms with Crippen LogP contribution in [0.25, 0.3) is 6.08 Å². The minimum absolute atomic E-state index is 0.0334. The van der Waals surface area contributed by atoms with Crippen LogP contribution in [-0.4, -0.2) is 36.0 Å². The molecule has 1 aliphatic heterocycles. The molecule has 0 spiro atoms. The molecule has 1 heterocycles. The molecule has 176 valence electrons. The molecule has 1 aromatic carbocycles. The molecule has 0 aromatic heterocycles. The van der Waals surface area contributed by atoms with Crippen molar-refractivity contribution in [3.8, 4) is 5.75 Å². The number of hydrogen-bond acceptors (Lipinski definition) is 5. The third-order valence-electron chi connectivity index (χ3n) is 8.19. The third-order valence-corrected chi connectivity index (χ3v) is 8.19. The van der Waals surface area contributed by atoms with Crippen molar-refractivity contribution in [3.05, 3.63) is 71.5 Å².